The fourth-order valence-electron chi connectivity index (χ4n) is 6.87. The summed E-state index contributed by atoms with van der Waals surface area (Å²) in [6.07, 6.45) is 0. The zero-order valence-electron chi connectivity index (χ0n) is 21.8. The van der Waals surface area contributed by atoms with Crippen molar-refractivity contribution in [3.8, 4) is 22.3 Å². The molecular formula is C39H25Cl. The summed E-state index contributed by atoms with van der Waals surface area (Å²) in [4.78, 5) is 0. The van der Waals surface area contributed by atoms with Gasteiger partial charge in [0.1, 0.15) is 0 Å². The van der Waals surface area contributed by atoms with Crippen molar-refractivity contribution in [1.29, 1.82) is 0 Å². The minimum Gasteiger partial charge on any atom is -0.0837 e. The highest BCUT2D eigenvalue weighted by Gasteiger charge is 2.46. The van der Waals surface area contributed by atoms with Crippen LogP contribution in [-0.2, 0) is 5.41 Å². The third kappa shape index (κ3) is 3.27. The van der Waals surface area contributed by atoms with Gasteiger partial charge in [0.2, 0.25) is 0 Å². The zero-order chi connectivity index (χ0) is 26.7. The van der Waals surface area contributed by atoms with Crippen LogP contribution in [0.1, 0.15) is 22.3 Å². The zero-order valence-corrected chi connectivity index (χ0v) is 22.6. The highest BCUT2D eigenvalue weighted by atomic mass is 35.5. The van der Waals surface area contributed by atoms with Gasteiger partial charge < -0.3 is 0 Å². The van der Waals surface area contributed by atoms with E-state index in [0.717, 1.165) is 10.4 Å². The monoisotopic (exact) mass is 528 g/mol. The van der Waals surface area contributed by atoms with Gasteiger partial charge in [-0.3, -0.25) is 0 Å². The second kappa shape index (κ2) is 8.95. The fourth-order valence-corrected chi connectivity index (χ4v) is 7.10. The Kier molecular flexibility index (Phi) is 5.20. The van der Waals surface area contributed by atoms with E-state index in [-0.39, 0.29) is 0 Å². The number of halogens is 1. The Hall–Kier alpha value is -4.65. The Morgan fingerprint density at radius 3 is 1.93 bits per heavy atom. The van der Waals surface area contributed by atoms with E-state index >= 15 is 0 Å². The van der Waals surface area contributed by atoms with E-state index < -0.39 is 5.41 Å². The van der Waals surface area contributed by atoms with Crippen LogP contribution in [0.2, 0.25) is 5.02 Å². The lowest BCUT2D eigenvalue weighted by atomic mass is 9.67. The number of benzene rings is 7. The second-order valence-corrected chi connectivity index (χ2v) is 11.0. The summed E-state index contributed by atoms with van der Waals surface area (Å²) in [5.41, 5.74) is 9.72. The molecule has 7 aromatic rings. The van der Waals surface area contributed by atoms with Gasteiger partial charge in [0.15, 0.2) is 0 Å². The minimum atomic E-state index is -0.449. The van der Waals surface area contributed by atoms with Crippen molar-refractivity contribution in [3.63, 3.8) is 0 Å². The molecule has 0 saturated heterocycles. The van der Waals surface area contributed by atoms with E-state index in [1.165, 1.54) is 60.7 Å². The number of fused-ring (bicyclic) bond motifs is 5. The van der Waals surface area contributed by atoms with Gasteiger partial charge in [-0.2, -0.15) is 0 Å². The molecule has 0 spiro atoms. The smallest absolute Gasteiger partial charge is 0.0713 e. The first kappa shape index (κ1) is 23.3. The standard InChI is InChI=1S/C39H25Cl/c40-38-22-21-31(32-17-6-7-19-34(32)38)28-13-10-16-30(23-28)39(29-14-2-1-3-15-29)36-20-9-8-18-33(36)35-24-26-11-4-5-12-27(26)25-37(35)39/h1-25H. The third-order valence-corrected chi connectivity index (χ3v) is 8.92. The van der Waals surface area contributed by atoms with Crippen molar-refractivity contribution in [2.75, 3.05) is 0 Å². The average molecular weight is 529 g/mol. The van der Waals surface area contributed by atoms with Crippen LogP contribution in [0.3, 0.4) is 0 Å². The fraction of sp³-hybridized carbons (Fsp3) is 0.0256. The third-order valence-electron chi connectivity index (χ3n) is 8.60. The van der Waals surface area contributed by atoms with Crippen LogP contribution >= 0.6 is 11.6 Å². The number of rotatable bonds is 3. The molecule has 1 aliphatic carbocycles. The van der Waals surface area contributed by atoms with Crippen molar-refractivity contribution in [2.24, 2.45) is 0 Å². The Balaban J connectivity index is 1.48. The minimum absolute atomic E-state index is 0.449. The predicted octanol–water partition coefficient (Wildman–Crippen LogP) is 10.7. The van der Waals surface area contributed by atoms with Gasteiger partial charge in [-0.1, -0.05) is 139 Å². The van der Waals surface area contributed by atoms with Crippen molar-refractivity contribution >= 4 is 33.1 Å². The molecule has 0 fully saturated rings. The SMILES string of the molecule is Clc1ccc(-c2cccc(C3(c4ccccc4)c4ccccc4-c4cc5ccccc5cc43)c2)c2ccccc12. The summed E-state index contributed by atoms with van der Waals surface area (Å²) in [5, 5.41) is 5.55. The molecule has 1 heteroatoms. The summed E-state index contributed by atoms with van der Waals surface area (Å²) in [5.74, 6) is 0. The van der Waals surface area contributed by atoms with Crippen molar-refractivity contribution < 1.29 is 0 Å². The largest absolute Gasteiger partial charge is 0.0837 e. The Morgan fingerprint density at radius 1 is 0.400 bits per heavy atom. The molecule has 0 radical (unpaired) electrons. The van der Waals surface area contributed by atoms with Gasteiger partial charge in [-0.15, -0.1) is 0 Å². The topological polar surface area (TPSA) is 0 Å². The first-order chi connectivity index (χ1) is 19.7. The van der Waals surface area contributed by atoms with E-state index in [1.54, 1.807) is 0 Å². The number of hydrogen-bond acceptors (Lipinski definition) is 0. The number of hydrogen-bond donors (Lipinski definition) is 0. The van der Waals surface area contributed by atoms with Crippen molar-refractivity contribution in [2.45, 2.75) is 5.41 Å². The Labute approximate surface area is 239 Å². The van der Waals surface area contributed by atoms with Crippen molar-refractivity contribution in [3.05, 3.63) is 179 Å². The first-order valence-corrected chi connectivity index (χ1v) is 14.1. The lowest BCUT2D eigenvalue weighted by molar-refractivity contribution is 0.770. The Morgan fingerprint density at radius 2 is 1.07 bits per heavy atom. The van der Waals surface area contributed by atoms with E-state index in [4.69, 9.17) is 11.6 Å². The molecule has 8 rings (SSSR count). The van der Waals surface area contributed by atoms with Gasteiger partial charge in [-0.25, -0.2) is 0 Å². The summed E-state index contributed by atoms with van der Waals surface area (Å²) >= 11 is 6.61. The van der Waals surface area contributed by atoms with Crippen LogP contribution < -0.4 is 0 Å². The van der Waals surface area contributed by atoms with Gasteiger partial charge in [-0.05, 0) is 84.9 Å². The Bertz CT molecular complexity index is 2070. The van der Waals surface area contributed by atoms with Gasteiger partial charge in [0.05, 0.1) is 5.41 Å². The average Bonchev–Trinajstić information content (AvgIpc) is 3.31. The molecule has 0 aliphatic heterocycles. The van der Waals surface area contributed by atoms with Crippen LogP contribution in [-0.4, -0.2) is 0 Å². The molecule has 1 unspecified atom stereocenters. The highest BCUT2D eigenvalue weighted by molar-refractivity contribution is 6.36. The maximum atomic E-state index is 6.61. The first-order valence-electron chi connectivity index (χ1n) is 13.7. The molecule has 0 aromatic heterocycles. The molecule has 0 nitrogen and oxygen atoms in total. The quantitative estimate of drug-likeness (QED) is 0.214. The van der Waals surface area contributed by atoms with E-state index in [0.29, 0.717) is 0 Å². The molecule has 188 valence electrons. The van der Waals surface area contributed by atoms with Crippen LogP contribution in [0.25, 0.3) is 43.8 Å². The summed E-state index contributed by atoms with van der Waals surface area (Å²) in [6.45, 7) is 0. The molecule has 0 N–H and O–H groups in total. The molecule has 1 aliphatic rings. The summed E-state index contributed by atoms with van der Waals surface area (Å²) in [6, 6.07) is 55.1. The van der Waals surface area contributed by atoms with Gasteiger partial charge in [0, 0.05) is 10.4 Å². The van der Waals surface area contributed by atoms with Crippen LogP contribution in [0, 0.1) is 0 Å². The second-order valence-electron chi connectivity index (χ2n) is 10.6. The summed E-state index contributed by atoms with van der Waals surface area (Å²) in [7, 11) is 0. The van der Waals surface area contributed by atoms with Gasteiger partial charge in [0.25, 0.3) is 0 Å². The summed E-state index contributed by atoms with van der Waals surface area (Å²) < 4.78 is 0. The normalized spacial score (nSPS) is 15.7. The lowest BCUT2D eigenvalue weighted by Gasteiger charge is -2.34. The van der Waals surface area contributed by atoms with E-state index in [2.05, 4.69) is 146 Å². The molecule has 0 amide bonds. The maximum Gasteiger partial charge on any atom is 0.0713 e. The lowest BCUT2D eigenvalue weighted by Crippen LogP contribution is -2.28. The molecule has 0 heterocycles. The van der Waals surface area contributed by atoms with E-state index in [1.807, 2.05) is 6.07 Å². The predicted molar refractivity (Wildman–Crippen MR) is 169 cm³/mol. The molecule has 7 aromatic carbocycles. The molecule has 0 saturated carbocycles. The molecule has 1 atom stereocenters. The highest BCUT2D eigenvalue weighted by Crippen LogP contribution is 2.57. The maximum absolute atomic E-state index is 6.61. The van der Waals surface area contributed by atoms with Crippen LogP contribution in [0.5, 0.6) is 0 Å². The molecule has 40 heavy (non-hydrogen) atoms. The van der Waals surface area contributed by atoms with Crippen molar-refractivity contribution in [1.82, 2.24) is 0 Å². The van der Waals surface area contributed by atoms with E-state index in [9.17, 15) is 0 Å². The van der Waals surface area contributed by atoms with Crippen LogP contribution in [0.4, 0.5) is 0 Å². The van der Waals surface area contributed by atoms with Crippen LogP contribution in [0.15, 0.2) is 152 Å². The molecule has 0 bridgehead atoms. The van der Waals surface area contributed by atoms with Gasteiger partial charge >= 0.3 is 0 Å². The molecular weight excluding hydrogens is 504 g/mol.